The highest BCUT2D eigenvalue weighted by Gasteiger charge is 2.36. The third kappa shape index (κ3) is 17.5. The van der Waals surface area contributed by atoms with Gasteiger partial charge in [-0.15, -0.1) is 34.0 Å². The Kier molecular flexibility index (Phi) is 23.0. The van der Waals surface area contributed by atoms with Gasteiger partial charge in [0, 0.05) is 122 Å². The standard InChI is InChI=1S/C19H22.2C16H16O.2C16H16S.C15H15NO.C15H15NS/c1-18(2,3)13-10-11-17-15(12-13)14-8-6-7-9-16(14)19(17,4)5;1-16(2,3)13-9-6-8-12-11-7-4-5-10-14(11)17-15(12)13;1-16(2,3)11-8-9-15-13(10-11)12-6-4-5-7-14(12)17-15;1-16(2,3)13-9-6-8-12-11-7-4-5-10-14(11)17-15(12)13;1-16(2,3)11-8-9-15-13(10-11)12-6-4-5-7-14(12)17-15;2*1-15(2,3)14-13-11(8-9-16-14)10-6-4-5-7-12(10)17-13/h6-12H,1-5H3;4*4-10H,1-3H3;2*4-9H,1-3H3. The molecule has 0 bridgehead atoms. The van der Waals surface area contributed by atoms with Gasteiger partial charge in [0.05, 0.1) is 16.1 Å². The molecule has 8 aromatic heterocycles. The summed E-state index contributed by atoms with van der Waals surface area (Å²) in [4.78, 5) is 9.06. The normalized spacial score (nSPS) is 13.0. The molecule has 21 rings (SSSR count). The molecule has 8 heterocycles. The average Bonchev–Trinajstić information content (AvgIpc) is 1.58. The van der Waals surface area contributed by atoms with Crippen LogP contribution in [0.2, 0.25) is 0 Å². The lowest BCUT2D eigenvalue weighted by atomic mass is 9.80. The molecule has 8 heteroatoms. The van der Waals surface area contributed by atoms with Gasteiger partial charge in [0.2, 0.25) is 0 Å². The van der Waals surface area contributed by atoms with E-state index < -0.39 is 0 Å². The Balaban J connectivity index is 0.000000110. The Morgan fingerprint density at radius 1 is 0.240 bits per heavy atom. The molecule has 0 N–H and O–H groups in total. The molecule has 0 unspecified atom stereocenters. The minimum absolute atomic E-state index is 0.00656. The number of benzene rings is 12. The van der Waals surface area contributed by atoms with Crippen molar-refractivity contribution >= 4 is 160 Å². The lowest BCUT2D eigenvalue weighted by Crippen LogP contribution is -2.16. The molecule has 121 heavy (non-hydrogen) atoms. The molecular formula is C113H116N2O3S3. The summed E-state index contributed by atoms with van der Waals surface area (Å²) >= 11 is 5.65. The Labute approximate surface area is 727 Å². The molecule has 0 saturated carbocycles. The first kappa shape index (κ1) is 85.0. The van der Waals surface area contributed by atoms with Gasteiger partial charge >= 0.3 is 0 Å². The first-order valence-electron chi connectivity index (χ1n) is 42.7. The lowest BCUT2D eigenvalue weighted by Gasteiger charge is -2.23. The van der Waals surface area contributed by atoms with E-state index in [1.54, 1.807) is 0 Å². The number of fused-ring (bicyclic) bond motifs is 21. The lowest BCUT2D eigenvalue weighted by molar-refractivity contribution is 0.553. The molecule has 12 aromatic carbocycles. The van der Waals surface area contributed by atoms with Crippen LogP contribution in [0.3, 0.4) is 0 Å². The van der Waals surface area contributed by atoms with Crippen LogP contribution in [0.1, 0.15) is 210 Å². The van der Waals surface area contributed by atoms with Gasteiger partial charge in [-0.3, -0.25) is 9.97 Å². The third-order valence-corrected chi connectivity index (χ3v) is 26.9. The van der Waals surface area contributed by atoms with E-state index in [9.17, 15) is 0 Å². The van der Waals surface area contributed by atoms with Crippen LogP contribution in [0, 0.1) is 0 Å². The fraction of sp³-hybridized carbons (Fsp3) is 0.274. The Morgan fingerprint density at radius 3 is 1.17 bits per heavy atom. The van der Waals surface area contributed by atoms with E-state index in [0.29, 0.717) is 0 Å². The number of hydrogen-bond donors (Lipinski definition) is 0. The smallest absolute Gasteiger partial charge is 0.157 e. The van der Waals surface area contributed by atoms with Crippen molar-refractivity contribution in [2.24, 2.45) is 0 Å². The molecule has 0 saturated heterocycles. The number of rotatable bonds is 0. The Hall–Kier alpha value is -11.0. The van der Waals surface area contributed by atoms with Crippen molar-refractivity contribution in [3.63, 3.8) is 0 Å². The number of pyridine rings is 2. The van der Waals surface area contributed by atoms with Gasteiger partial charge in [0.25, 0.3) is 0 Å². The largest absolute Gasteiger partial charge is 0.456 e. The van der Waals surface area contributed by atoms with Crippen molar-refractivity contribution in [2.75, 3.05) is 0 Å². The molecule has 0 atom stereocenters. The summed E-state index contributed by atoms with van der Waals surface area (Å²) in [6.07, 6.45) is 3.80. The number of furan rings is 3. The zero-order valence-electron chi connectivity index (χ0n) is 75.0. The van der Waals surface area contributed by atoms with Crippen LogP contribution in [0.5, 0.6) is 0 Å². The molecule has 0 fully saturated rings. The van der Waals surface area contributed by atoms with Gasteiger partial charge in [-0.1, -0.05) is 359 Å². The van der Waals surface area contributed by atoms with E-state index in [2.05, 4.69) is 394 Å². The second-order valence-electron chi connectivity index (χ2n) is 40.1. The summed E-state index contributed by atoms with van der Waals surface area (Å²) in [6, 6.07) is 96.9. The molecule has 5 nitrogen and oxygen atoms in total. The maximum absolute atomic E-state index is 6.01. The van der Waals surface area contributed by atoms with E-state index in [4.69, 9.17) is 13.3 Å². The fourth-order valence-electron chi connectivity index (χ4n) is 16.6. The van der Waals surface area contributed by atoms with Gasteiger partial charge in [-0.2, -0.15) is 0 Å². The van der Waals surface area contributed by atoms with Crippen LogP contribution in [-0.2, 0) is 43.3 Å². The molecule has 20 aromatic rings. The first-order chi connectivity index (χ1) is 57.2. The first-order valence-corrected chi connectivity index (χ1v) is 45.1. The van der Waals surface area contributed by atoms with Gasteiger partial charge in [0.1, 0.15) is 27.9 Å². The van der Waals surface area contributed by atoms with E-state index in [-0.39, 0.29) is 43.3 Å². The Morgan fingerprint density at radius 2 is 0.612 bits per heavy atom. The molecule has 0 radical (unpaired) electrons. The predicted molar refractivity (Wildman–Crippen MR) is 530 cm³/mol. The van der Waals surface area contributed by atoms with Crippen LogP contribution in [0.25, 0.3) is 137 Å². The summed E-state index contributed by atoms with van der Waals surface area (Å²) in [5.41, 5.74) is 21.8. The SMILES string of the molecule is CC(C)(C)c1ccc2c(c1)-c1ccccc1C2(C)C.CC(C)(C)c1ccc2oc3ccccc3c2c1.CC(C)(C)c1ccc2sc3ccccc3c2c1.CC(C)(C)c1cccc2c1oc1ccccc12.CC(C)(C)c1cccc2c1sc1ccccc12.CC(C)(C)c1nccc2c1oc1ccccc12.CC(C)(C)c1nccc2c1sc1ccccc12. The summed E-state index contributed by atoms with van der Waals surface area (Å²) in [5, 5.41) is 15.4. The molecule has 614 valence electrons. The monoisotopic (exact) mass is 1640 g/mol. The van der Waals surface area contributed by atoms with Gasteiger partial charge in [0.15, 0.2) is 5.58 Å². The third-order valence-electron chi connectivity index (χ3n) is 23.4. The van der Waals surface area contributed by atoms with Gasteiger partial charge < -0.3 is 13.3 Å². The topological polar surface area (TPSA) is 65.2 Å². The highest BCUT2D eigenvalue weighted by molar-refractivity contribution is 7.26. The maximum atomic E-state index is 6.01. The second-order valence-corrected chi connectivity index (χ2v) is 43.3. The van der Waals surface area contributed by atoms with E-state index in [1.165, 1.54) is 138 Å². The zero-order chi connectivity index (χ0) is 86.1. The van der Waals surface area contributed by atoms with E-state index in [0.717, 1.165) is 50.0 Å². The average molecular weight is 1650 g/mol. The van der Waals surface area contributed by atoms with Crippen molar-refractivity contribution in [1.82, 2.24) is 9.97 Å². The van der Waals surface area contributed by atoms with Crippen LogP contribution < -0.4 is 0 Å². The van der Waals surface area contributed by atoms with Crippen LogP contribution >= 0.6 is 34.0 Å². The molecule has 0 aliphatic heterocycles. The molecule has 1 aliphatic rings. The van der Waals surface area contributed by atoms with Crippen molar-refractivity contribution in [3.05, 3.63) is 336 Å². The van der Waals surface area contributed by atoms with Crippen molar-refractivity contribution in [2.45, 2.75) is 203 Å². The summed E-state index contributed by atoms with van der Waals surface area (Å²) in [7, 11) is 0. The Bertz CT molecular complexity index is 6520. The number of nitrogens with zero attached hydrogens (tertiary/aromatic N) is 2. The number of thiophene rings is 3. The summed E-state index contributed by atoms with van der Waals surface area (Å²) < 4.78 is 26.1. The van der Waals surface area contributed by atoms with Gasteiger partial charge in [-0.25, -0.2) is 0 Å². The van der Waals surface area contributed by atoms with Crippen molar-refractivity contribution in [3.8, 4) is 11.1 Å². The van der Waals surface area contributed by atoms with Gasteiger partial charge in [-0.05, 0) is 144 Å². The molecule has 0 amide bonds. The summed E-state index contributed by atoms with van der Waals surface area (Å²) in [5.74, 6) is 0. The summed E-state index contributed by atoms with van der Waals surface area (Å²) in [6.45, 7) is 51.6. The molecule has 0 spiro atoms. The van der Waals surface area contributed by atoms with Crippen LogP contribution in [0.15, 0.2) is 299 Å². The second kappa shape index (κ2) is 32.8. The molecular weight excluding hydrogens is 1530 g/mol. The fourth-order valence-corrected chi connectivity index (χ4v) is 20.5. The predicted octanol–water partition coefficient (Wildman–Crippen LogP) is 34.8. The zero-order valence-corrected chi connectivity index (χ0v) is 77.4. The maximum Gasteiger partial charge on any atom is 0.157 e. The number of aromatic nitrogens is 2. The highest BCUT2D eigenvalue weighted by atomic mass is 32.1. The van der Waals surface area contributed by atoms with E-state index in [1.807, 2.05) is 94.9 Å². The molecule has 1 aliphatic carbocycles. The number of hydrogen-bond acceptors (Lipinski definition) is 8. The van der Waals surface area contributed by atoms with Crippen molar-refractivity contribution in [1.29, 1.82) is 0 Å². The van der Waals surface area contributed by atoms with E-state index >= 15 is 0 Å². The number of para-hydroxylation sites is 4. The highest BCUT2D eigenvalue weighted by Crippen LogP contribution is 2.50. The van der Waals surface area contributed by atoms with Crippen molar-refractivity contribution < 1.29 is 13.3 Å². The van der Waals surface area contributed by atoms with Crippen LogP contribution in [0.4, 0.5) is 0 Å². The van der Waals surface area contributed by atoms with Crippen LogP contribution in [-0.4, -0.2) is 9.97 Å². The minimum Gasteiger partial charge on any atom is -0.456 e. The quantitative estimate of drug-likeness (QED) is 0.151. The minimum atomic E-state index is -0.00656.